The lowest BCUT2D eigenvalue weighted by atomic mass is 10.0. The number of urea groups is 1. The van der Waals surface area contributed by atoms with Crippen LogP contribution in [0, 0.1) is 5.41 Å². The molecule has 0 aliphatic carbocycles. The fourth-order valence-electron chi connectivity index (χ4n) is 5.13. The predicted octanol–water partition coefficient (Wildman–Crippen LogP) is 3.47. The number of hydrogen-bond acceptors (Lipinski definition) is 6. The highest BCUT2D eigenvalue weighted by molar-refractivity contribution is 7.89. The third-order valence-corrected chi connectivity index (χ3v) is 9.05. The van der Waals surface area contributed by atoms with Crippen LogP contribution in [0.4, 0.5) is 4.79 Å². The van der Waals surface area contributed by atoms with E-state index in [2.05, 4.69) is 17.0 Å². The molecule has 0 spiro atoms. The number of rotatable bonds is 12. The lowest BCUT2D eigenvalue weighted by Crippen LogP contribution is -2.57. The average Bonchev–Trinajstić information content (AvgIpc) is 3.03. The molecule has 43 heavy (non-hydrogen) atoms. The van der Waals surface area contributed by atoms with E-state index < -0.39 is 22.0 Å². The molecule has 3 amide bonds. The molecule has 3 aromatic carbocycles. The van der Waals surface area contributed by atoms with Gasteiger partial charge < -0.3 is 15.1 Å². The molecule has 4 rings (SSSR count). The van der Waals surface area contributed by atoms with Gasteiger partial charge in [-0.2, -0.15) is 4.72 Å². The summed E-state index contributed by atoms with van der Waals surface area (Å²) in [6.45, 7) is 3.97. The van der Waals surface area contributed by atoms with Crippen LogP contribution in [0.15, 0.2) is 71.6 Å². The van der Waals surface area contributed by atoms with Gasteiger partial charge in [0.1, 0.15) is 11.9 Å². The van der Waals surface area contributed by atoms with Crippen molar-refractivity contribution in [3.05, 3.63) is 77.9 Å². The first-order chi connectivity index (χ1) is 20.7. The third-order valence-electron chi connectivity index (χ3n) is 7.58. The number of amidine groups is 1. The summed E-state index contributed by atoms with van der Waals surface area (Å²) in [7, 11) is -4.09. The molecule has 12 heteroatoms. The average molecular weight is 609 g/mol. The smallest absolute Gasteiger partial charge is 0.317 e. The van der Waals surface area contributed by atoms with Crippen molar-refractivity contribution in [3.8, 4) is 0 Å². The van der Waals surface area contributed by atoms with Gasteiger partial charge in [0.25, 0.3) is 0 Å². The number of benzene rings is 3. The number of hydrogen-bond donors (Lipinski definition) is 5. The first kappa shape index (κ1) is 31.9. The van der Waals surface area contributed by atoms with Crippen LogP contribution in [-0.2, 0) is 21.2 Å². The number of hydroxylamine groups is 1. The first-order valence-electron chi connectivity index (χ1n) is 14.6. The Balaban J connectivity index is 1.49. The number of nitrogens with one attached hydrogen (secondary N) is 4. The van der Waals surface area contributed by atoms with Gasteiger partial charge in [0.2, 0.25) is 15.9 Å². The summed E-state index contributed by atoms with van der Waals surface area (Å²) in [6, 6.07) is 17.6. The van der Waals surface area contributed by atoms with Crippen molar-refractivity contribution in [2.45, 2.75) is 50.0 Å². The van der Waals surface area contributed by atoms with Crippen molar-refractivity contribution in [2.75, 3.05) is 32.7 Å². The first-order valence-corrected chi connectivity index (χ1v) is 16.1. The van der Waals surface area contributed by atoms with E-state index >= 15 is 0 Å². The van der Waals surface area contributed by atoms with Crippen LogP contribution in [0.5, 0.6) is 0 Å². The maximum absolute atomic E-state index is 13.8. The summed E-state index contributed by atoms with van der Waals surface area (Å²) in [6.07, 6.45) is 4.27. The zero-order valence-corrected chi connectivity index (χ0v) is 25.2. The number of fused-ring (bicyclic) bond motifs is 1. The summed E-state index contributed by atoms with van der Waals surface area (Å²) < 4.78 is 29.8. The van der Waals surface area contributed by atoms with Gasteiger partial charge in [-0.25, -0.2) is 13.2 Å². The van der Waals surface area contributed by atoms with E-state index in [1.807, 2.05) is 24.3 Å². The molecule has 0 bridgehead atoms. The lowest BCUT2D eigenvalue weighted by molar-refractivity contribution is -0.134. The molecular weight excluding hydrogens is 568 g/mol. The molecule has 0 radical (unpaired) electrons. The molecule has 0 aromatic heterocycles. The van der Waals surface area contributed by atoms with Gasteiger partial charge in [-0.05, 0) is 47.4 Å². The molecule has 230 valence electrons. The summed E-state index contributed by atoms with van der Waals surface area (Å²) in [5.74, 6) is -0.619. The van der Waals surface area contributed by atoms with Crippen molar-refractivity contribution in [1.82, 2.24) is 25.3 Å². The Labute approximate surface area is 252 Å². The van der Waals surface area contributed by atoms with Gasteiger partial charge >= 0.3 is 6.03 Å². The van der Waals surface area contributed by atoms with Crippen molar-refractivity contribution in [2.24, 2.45) is 0 Å². The Morgan fingerprint density at radius 3 is 2.35 bits per heavy atom. The Kier molecular flexibility index (Phi) is 11.1. The minimum atomic E-state index is -4.09. The van der Waals surface area contributed by atoms with Crippen LogP contribution in [0.3, 0.4) is 0 Å². The monoisotopic (exact) mass is 608 g/mol. The number of carbonyl (C=O) groups is 2. The normalized spacial score (nSPS) is 14.4. The molecule has 1 aliphatic heterocycles. The summed E-state index contributed by atoms with van der Waals surface area (Å²) >= 11 is 0. The number of carbonyl (C=O) groups excluding carboxylic acids is 2. The second-order valence-corrected chi connectivity index (χ2v) is 12.4. The van der Waals surface area contributed by atoms with Crippen molar-refractivity contribution < 1.29 is 23.2 Å². The van der Waals surface area contributed by atoms with Crippen LogP contribution >= 0.6 is 0 Å². The van der Waals surface area contributed by atoms with Crippen LogP contribution in [-0.4, -0.2) is 80.0 Å². The molecule has 1 unspecified atom stereocenters. The van der Waals surface area contributed by atoms with Crippen LogP contribution in [0.2, 0.25) is 0 Å². The second kappa shape index (κ2) is 14.9. The van der Waals surface area contributed by atoms with Gasteiger partial charge in [0, 0.05) is 38.3 Å². The number of amides is 3. The fourth-order valence-corrected chi connectivity index (χ4v) is 6.36. The number of sulfonamides is 1. The molecule has 3 aromatic rings. The Morgan fingerprint density at radius 1 is 0.907 bits per heavy atom. The molecule has 5 N–H and O–H groups in total. The molecule has 0 saturated carbocycles. The highest BCUT2D eigenvalue weighted by atomic mass is 32.2. The minimum Gasteiger partial charge on any atom is -0.338 e. The zero-order chi connectivity index (χ0) is 30.8. The Bertz CT molecular complexity index is 1540. The van der Waals surface area contributed by atoms with E-state index in [1.54, 1.807) is 51.7 Å². The number of nitrogens with zero attached hydrogens (tertiary/aromatic N) is 2. The quantitative estimate of drug-likeness (QED) is 0.0918. The highest BCUT2D eigenvalue weighted by Crippen LogP contribution is 2.20. The van der Waals surface area contributed by atoms with E-state index in [0.29, 0.717) is 30.8 Å². The molecule has 1 atom stereocenters. The van der Waals surface area contributed by atoms with Gasteiger partial charge in [0.15, 0.2) is 0 Å². The van der Waals surface area contributed by atoms with Crippen molar-refractivity contribution in [1.29, 1.82) is 5.41 Å². The van der Waals surface area contributed by atoms with Gasteiger partial charge in [0.05, 0.1) is 4.90 Å². The van der Waals surface area contributed by atoms with E-state index in [4.69, 9.17) is 10.6 Å². The zero-order valence-electron chi connectivity index (χ0n) is 24.4. The fraction of sp³-hybridized carbons (Fsp3) is 0.387. The van der Waals surface area contributed by atoms with E-state index in [1.165, 1.54) is 6.07 Å². The van der Waals surface area contributed by atoms with E-state index in [9.17, 15) is 18.0 Å². The lowest BCUT2D eigenvalue weighted by Gasteiger charge is -2.36. The SMILES string of the molecule is CCCCCCNC(=O)N1CCN(C(=O)C(Cc2cccc(C(=N)NO)c2)NS(=O)(=O)c2ccc3ccccc3c2)CC1. The van der Waals surface area contributed by atoms with Crippen LogP contribution < -0.4 is 15.5 Å². The minimum absolute atomic E-state index is 0.0245. The van der Waals surface area contributed by atoms with Crippen LogP contribution in [0.1, 0.15) is 43.7 Å². The third kappa shape index (κ3) is 8.53. The molecular formula is C31H40N6O5S. The molecule has 1 aliphatic rings. The molecule has 11 nitrogen and oxygen atoms in total. The van der Waals surface area contributed by atoms with Gasteiger partial charge in [-0.15, -0.1) is 0 Å². The van der Waals surface area contributed by atoms with Gasteiger partial charge in [-0.1, -0.05) is 74.7 Å². The standard InChI is InChI=1S/C31H40N6O5S/c1-2-3-4-7-15-33-31(39)37-18-16-36(17-19-37)30(38)28(21-23-9-8-12-26(20-23)29(32)34-40)35-43(41,42)27-14-13-24-10-5-6-11-25(24)22-27/h5-6,8-14,20,22,28,35,40H,2-4,7,15-19,21H2,1H3,(H2,32,34)(H,33,39). The molecule has 1 fully saturated rings. The second-order valence-electron chi connectivity index (χ2n) is 10.7. The highest BCUT2D eigenvalue weighted by Gasteiger charge is 2.32. The van der Waals surface area contributed by atoms with E-state index in [0.717, 1.165) is 36.5 Å². The van der Waals surface area contributed by atoms with Gasteiger partial charge in [-0.3, -0.25) is 20.9 Å². The number of piperazine rings is 1. The van der Waals surface area contributed by atoms with Crippen LogP contribution in [0.25, 0.3) is 10.8 Å². The summed E-state index contributed by atoms with van der Waals surface area (Å²) in [5.41, 5.74) is 2.80. The maximum Gasteiger partial charge on any atom is 0.317 e. The molecule has 1 heterocycles. The Hall–Kier alpha value is -4.00. The van der Waals surface area contributed by atoms with E-state index in [-0.39, 0.29) is 36.3 Å². The number of unbranched alkanes of at least 4 members (excludes halogenated alkanes) is 3. The summed E-state index contributed by atoms with van der Waals surface area (Å²) in [4.78, 5) is 29.7. The maximum atomic E-state index is 13.8. The van der Waals surface area contributed by atoms with Crippen molar-refractivity contribution >= 4 is 38.6 Å². The molecule has 1 saturated heterocycles. The van der Waals surface area contributed by atoms with Crippen molar-refractivity contribution in [3.63, 3.8) is 0 Å². The Morgan fingerprint density at radius 2 is 1.63 bits per heavy atom. The predicted molar refractivity (Wildman–Crippen MR) is 166 cm³/mol. The largest absolute Gasteiger partial charge is 0.338 e. The summed E-state index contributed by atoms with van der Waals surface area (Å²) in [5, 5.41) is 21.6. The topological polar surface area (TPSA) is 155 Å².